The van der Waals surface area contributed by atoms with E-state index in [4.69, 9.17) is 4.42 Å². The summed E-state index contributed by atoms with van der Waals surface area (Å²) in [4.78, 5) is 14.3. The standard InChI is InChI=1S/C25H23FN4O2/c26-22-12-19(18-4-6-23-20(11-18)8-10-32-23)3-5-21(22)24-28-27-15-30(24)14-16-7-9-29(13-16)25(31)17-1-2-17/h3-6,8,10-12,15-17H,1-2,7,9,13-14H2/t16-/m0/s1. The molecule has 1 aliphatic carbocycles. The molecule has 1 amide bonds. The van der Waals surface area contributed by atoms with E-state index in [1.165, 1.54) is 0 Å². The van der Waals surface area contributed by atoms with Crippen molar-refractivity contribution in [2.45, 2.75) is 25.8 Å². The number of halogens is 1. The van der Waals surface area contributed by atoms with Gasteiger partial charge < -0.3 is 13.9 Å². The number of rotatable bonds is 5. The van der Waals surface area contributed by atoms with Gasteiger partial charge in [0, 0.05) is 30.9 Å². The van der Waals surface area contributed by atoms with Crippen molar-refractivity contribution >= 4 is 16.9 Å². The van der Waals surface area contributed by atoms with E-state index in [1.807, 2.05) is 39.8 Å². The van der Waals surface area contributed by atoms with Crippen molar-refractivity contribution in [2.75, 3.05) is 13.1 Å². The van der Waals surface area contributed by atoms with E-state index in [0.717, 1.165) is 54.4 Å². The third kappa shape index (κ3) is 3.47. The molecule has 7 heteroatoms. The number of carbonyl (C=O) groups excluding carboxylic acids is 1. The summed E-state index contributed by atoms with van der Waals surface area (Å²) >= 11 is 0. The van der Waals surface area contributed by atoms with Crippen LogP contribution in [0.5, 0.6) is 0 Å². The van der Waals surface area contributed by atoms with E-state index in [0.29, 0.717) is 29.8 Å². The summed E-state index contributed by atoms with van der Waals surface area (Å²) < 4.78 is 22.5. The highest BCUT2D eigenvalue weighted by Crippen LogP contribution is 2.34. The minimum atomic E-state index is -0.332. The third-order valence-corrected chi connectivity index (χ3v) is 6.59. The van der Waals surface area contributed by atoms with Crippen LogP contribution in [0.25, 0.3) is 33.5 Å². The predicted octanol–water partition coefficient (Wildman–Crippen LogP) is 4.76. The van der Waals surface area contributed by atoms with Gasteiger partial charge in [0.25, 0.3) is 0 Å². The van der Waals surface area contributed by atoms with Gasteiger partial charge in [0.05, 0.1) is 11.8 Å². The van der Waals surface area contributed by atoms with Crippen LogP contribution in [-0.4, -0.2) is 38.7 Å². The van der Waals surface area contributed by atoms with Gasteiger partial charge in [-0.1, -0.05) is 12.1 Å². The Morgan fingerprint density at radius 2 is 1.94 bits per heavy atom. The zero-order valence-corrected chi connectivity index (χ0v) is 17.6. The highest BCUT2D eigenvalue weighted by atomic mass is 19.1. The second-order valence-electron chi connectivity index (χ2n) is 8.89. The van der Waals surface area contributed by atoms with Crippen LogP contribution < -0.4 is 0 Å². The summed E-state index contributed by atoms with van der Waals surface area (Å²) in [6.45, 7) is 2.24. The minimum Gasteiger partial charge on any atom is -0.464 e. The first-order chi connectivity index (χ1) is 15.7. The number of amides is 1. The largest absolute Gasteiger partial charge is 0.464 e. The first-order valence-electron chi connectivity index (χ1n) is 11.1. The molecule has 1 saturated carbocycles. The molecule has 1 saturated heterocycles. The topological polar surface area (TPSA) is 64.2 Å². The molecule has 2 aliphatic rings. The molecule has 6 nitrogen and oxygen atoms in total. The number of aromatic nitrogens is 3. The molecular weight excluding hydrogens is 407 g/mol. The van der Waals surface area contributed by atoms with E-state index in [2.05, 4.69) is 10.2 Å². The SMILES string of the molecule is O=C(C1CC1)N1CC[C@H](Cn2cnnc2-c2ccc(-c3ccc4occc4c3)cc2F)C1. The second kappa shape index (κ2) is 7.58. The number of nitrogens with zero attached hydrogens (tertiary/aromatic N) is 4. The summed E-state index contributed by atoms with van der Waals surface area (Å²) in [6.07, 6.45) is 6.31. The van der Waals surface area contributed by atoms with Crippen LogP contribution in [0.15, 0.2) is 59.5 Å². The summed E-state index contributed by atoms with van der Waals surface area (Å²) in [5, 5.41) is 9.22. The molecule has 3 heterocycles. The second-order valence-corrected chi connectivity index (χ2v) is 8.89. The molecule has 0 N–H and O–H groups in total. The highest BCUT2D eigenvalue weighted by Gasteiger charge is 2.36. The number of benzene rings is 2. The lowest BCUT2D eigenvalue weighted by Gasteiger charge is -2.17. The van der Waals surface area contributed by atoms with Gasteiger partial charge in [-0.3, -0.25) is 4.79 Å². The molecule has 0 spiro atoms. The molecule has 0 radical (unpaired) electrons. The quantitative estimate of drug-likeness (QED) is 0.458. The van der Waals surface area contributed by atoms with Crippen molar-refractivity contribution < 1.29 is 13.6 Å². The van der Waals surface area contributed by atoms with Crippen molar-refractivity contribution in [2.24, 2.45) is 11.8 Å². The zero-order chi connectivity index (χ0) is 21.7. The normalized spacial score (nSPS) is 18.5. The van der Waals surface area contributed by atoms with Crippen LogP contribution in [0.2, 0.25) is 0 Å². The fourth-order valence-electron chi connectivity index (χ4n) is 4.67. The van der Waals surface area contributed by atoms with Crippen molar-refractivity contribution in [3.63, 3.8) is 0 Å². The zero-order valence-electron chi connectivity index (χ0n) is 17.6. The maximum atomic E-state index is 15.2. The molecule has 1 atom stereocenters. The Bertz CT molecular complexity index is 1310. The molecule has 4 aromatic rings. The molecule has 2 aromatic carbocycles. The summed E-state index contributed by atoms with van der Waals surface area (Å²) in [5.41, 5.74) is 2.96. The summed E-state index contributed by atoms with van der Waals surface area (Å²) in [5.74, 6) is 1.07. The van der Waals surface area contributed by atoms with Gasteiger partial charge in [0.2, 0.25) is 5.91 Å². The smallest absolute Gasteiger partial charge is 0.225 e. The lowest BCUT2D eigenvalue weighted by atomic mass is 10.0. The summed E-state index contributed by atoms with van der Waals surface area (Å²) in [7, 11) is 0. The number of hydrogen-bond donors (Lipinski definition) is 0. The van der Waals surface area contributed by atoms with E-state index in [9.17, 15) is 4.79 Å². The Morgan fingerprint density at radius 1 is 1.09 bits per heavy atom. The Labute approximate surface area is 184 Å². The maximum absolute atomic E-state index is 15.2. The van der Waals surface area contributed by atoms with Crippen LogP contribution in [-0.2, 0) is 11.3 Å². The molecule has 0 bridgehead atoms. The third-order valence-electron chi connectivity index (χ3n) is 6.59. The Balaban J connectivity index is 1.22. The Hall–Kier alpha value is -3.48. The predicted molar refractivity (Wildman–Crippen MR) is 118 cm³/mol. The molecule has 6 rings (SSSR count). The fourth-order valence-corrected chi connectivity index (χ4v) is 4.67. The van der Waals surface area contributed by atoms with E-state index in [1.54, 1.807) is 24.7 Å². The van der Waals surface area contributed by atoms with Gasteiger partial charge >= 0.3 is 0 Å². The van der Waals surface area contributed by atoms with Crippen molar-refractivity contribution in [1.29, 1.82) is 0 Å². The van der Waals surface area contributed by atoms with Gasteiger partial charge in [-0.25, -0.2) is 4.39 Å². The van der Waals surface area contributed by atoms with Crippen LogP contribution >= 0.6 is 0 Å². The average molecular weight is 430 g/mol. The van der Waals surface area contributed by atoms with Gasteiger partial charge in [-0.2, -0.15) is 0 Å². The van der Waals surface area contributed by atoms with E-state index < -0.39 is 0 Å². The van der Waals surface area contributed by atoms with Gasteiger partial charge in [-0.15, -0.1) is 10.2 Å². The van der Waals surface area contributed by atoms with Crippen LogP contribution in [0.4, 0.5) is 4.39 Å². The molecule has 32 heavy (non-hydrogen) atoms. The number of likely N-dealkylation sites (tertiary alicyclic amines) is 1. The fraction of sp³-hybridized carbons (Fsp3) is 0.320. The Morgan fingerprint density at radius 3 is 2.78 bits per heavy atom. The average Bonchev–Trinajstić information content (AvgIpc) is 3.17. The molecule has 2 aromatic heterocycles. The lowest BCUT2D eigenvalue weighted by molar-refractivity contribution is -0.131. The number of fused-ring (bicyclic) bond motifs is 1. The van der Waals surface area contributed by atoms with Gasteiger partial charge in [0.15, 0.2) is 5.82 Å². The Kier molecular flexibility index (Phi) is 4.56. The molecule has 0 unspecified atom stereocenters. The highest BCUT2D eigenvalue weighted by molar-refractivity contribution is 5.84. The number of carbonyl (C=O) groups is 1. The number of furan rings is 1. The lowest BCUT2D eigenvalue weighted by Crippen LogP contribution is -2.30. The van der Waals surface area contributed by atoms with E-state index in [-0.39, 0.29) is 11.7 Å². The molecule has 162 valence electrons. The van der Waals surface area contributed by atoms with Crippen molar-refractivity contribution in [1.82, 2.24) is 19.7 Å². The van der Waals surface area contributed by atoms with E-state index >= 15 is 4.39 Å². The monoisotopic (exact) mass is 430 g/mol. The van der Waals surface area contributed by atoms with Gasteiger partial charge in [-0.05, 0) is 66.6 Å². The van der Waals surface area contributed by atoms with Crippen LogP contribution in [0, 0.1) is 17.7 Å². The van der Waals surface area contributed by atoms with Crippen LogP contribution in [0.3, 0.4) is 0 Å². The minimum absolute atomic E-state index is 0.251. The van der Waals surface area contributed by atoms with Crippen molar-refractivity contribution in [3.8, 4) is 22.5 Å². The molecule has 1 aliphatic heterocycles. The molecule has 2 fully saturated rings. The number of hydrogen-bond acceptors (Lipinski definition) is 4. The van der Waals surface area contributed by atoms with Crippen molar-refractivity contribution in [3.05, 3.63) is 60.9 Å². The van der Waals surface area contributed by atoms with Crippen LogP contribution in [0.1, 0.15) is 19.3 Å². The molecular formula is C25H23FN4O2. The van der Waals surface area contributed by atoms with Gasteiger partial charge in [0.1, 0.15) is 17.7 Å². The first kappa shape index (κ1) is 19.2. The first-order valence-corrected chi connectivity index (χ1v) is 11.1. The summed E-state index contributed by atoms with van der Waals surface area (Å²) in [6, 6.07) is 12.9. The maximum Gasteiger partial charge on any atom is 0.225 e.